The molecule has 0 spiro atoms. The maximum absolute atomic E-state index is 12.4. The zero-order valence-electron chi connectivity index (χ0n) is 17.3. The number of nitrogens with zero attached hydrogens (tertiary/aromatic N) is 2. The zero-order valence-corrected chi connectivity index (χ0v) is 18.1. The molecule has 164 valence electrons. The predicted molar refractivity (Wildman–Crippen MR) is 111 cm³/mol. The van der Waals surface area contributed by atoms with Crippen LogP contribution in [0.15, 0.2) is 18.2 Å². The highest BCUT2D eigenvalue weighted by molar-refractivity contribution is 7.88. The summed E-state index contributed by atoms with van der Waals surface area (Å²) in [5, 5.41) is 0. The van der Waals surface area contributed by atoms with E-state index in [9.17, 15) is 22.8 Å². The van der Waals surface area contributed by atoms with E-state index in [1.54, 1.807) is 0 Å². The summed E-state index contributed by atoms with van der Waals surface area (Å²) in [5.41, 5.74) is 3.13. The second-order valence-corrected chi connectivity index (χ2v) is 9.80. The molecular formula is C21H28N2O6S. The fraction of sp³-hybridized carbons (Fsp3) is 0.571. The first-order chi connectivity index (χ1) is 14.2. The molecule has 0 aromatic heterocycles. The first kappa shape index (κ1) is 22.4. The highest BCUT2D eigenvalue weighted by atomic mass is 32.2. The molecule has 0 radical (unpaired) electrons. The smallest absolute Gasteiger partial charge is 0.306 e. The van der Waals surface area contributed by atoms with Gasteiger partial charge in [-0.2, -0.15) is 4.31 Å². The second kappa shape index (κ2) is 9.70. The molecule has 3 rings (SSSR count). The number of hydrogen-bond donors (Lipinski definition) is 0. The summed E-state index contributed by atoms with van der Waals surface area (Å²) in [6, 6.07) is 5.75. The van der Waals surface area contributed by atoms with Crippen LogP contribution < -0.4 is 0 Å². The Morgan fingerprint density at radius 1 is 0.967 bits per heavy atom. The first-order valence-electron chi connectivity index (χ1n) is 10.3. The molecule has 1 heterocycles. The number of esters is 1. The summed E-state index contributed by atoms with van der Waals surface area (Å²) < 4.78 is 29.3. The van der Waals surface area contributed by atoms with Crippen molar-refractivity contribution in [2.45, 2.75) is 38.5 Å². The Balaban J connectivity index is 1.40. The summed E-state index contributed by atoms with van der Waals surface area (Å²) in [4.78, 5) is 38.0. The maximum atomic E-state index is 12.4. The van der Waals surface area contributed by atoms with E-state index in [4.69, 9.17) is 4.74 Å². The number of benzene rings is 1. The van der Waals surface area contributed by atoms with Crippen molar-refractivity contribution in [3.63, 3.8) is 0 Å². The molecule has 1 aromatic rings. The minimum Gasteiger partial charge on any atom is -0.456 e. The van der Waals surface area contributed by atoms with Crippen LogP contribution in [0.3, 0.4) is 0 Å². The number of amides is 1. The molecule has 0 N–H and O–H groups in total. The van der Waals surface area contributed by atoms with Gasteiger partial charge in [-0.3, -0.25) is 14.4 Å². The van der Waals surface area contributed by atoms with E-state index in [-0.39, 0.29) is 50.7 Å². The Morgan fingerprint density at radius 2 is 1.63 bits per heavy atom. The van der Waals surface area contributed by atoms with Gasteiger partial charge in [0, 0.05) is 38.2 Å². The Labute approximate surface area is 177 Å². The van der Waals surface area contributed by atoms with Crippen LogP contribution in [0.4, 0.5) is 0 Å². The van der Waals surface area contributed by atoms with Crippen molar-refractivity contribution in [1.29, 1.82) is 0 Å². The minimum absolute atomic E-state index is 0.0405. The molecular weight excluding hydrogens is 408 g/mol. The molecule has 1 aromatic carbocycles. The van der Waals surface area contributed by atoms with Crippen molar-refractivity contribution < 1.29 is 27.5 Å². The zero-order chi connectivity index (χ0) is 21.7. The van der Waals surface area contributed by atoms with E-state index < -0.39 is 22.6 Å². The summed E-state index contributed by atoms with van der Waals surface area (Å²) >= 11 is 0. The number of hydrogen-bond acceptors (Lipinski definition) is 6. The molecule has 0 saturated carbocycles. The van der Waals surface area contributed by atoms with E-state index >= 15 is 0 Å². The van der Waals surface area contributed by atoms with Gasteiger partial charge in [-0.05, 0) is 42.9 Å². The van der Waals surface area contributed by atoms with Crippen molar-refractivity contribution in [2.24, 2.45) is 0 Å². The average Bonchev–Trinajstić information content (AvgIpc) is 2.74. The summed E-state index contributed by atoms with van der Waals surface area (Å²) in [7, 11) is -3.27. The lowest BCUT2D eigenvalue weighted by molar-refractivity contribution is -0.152. The van der Waals surface area contributed by atoms with E-state index in [1.807, 2.05) is 18.2 Å². The third-order valence-corrected chi connectivity index (χ3v) is 6.95. The highest BCUT2D eigenvalue weighted by Gasteiger charge is 2.26. The van der Waals surface area contributed by atoms with E-state index in [2.05, 4.69) is 0 Å². The van der Waals surface area contributed by atoms with Crippen molar-refractivity contribution in [3.05, 3.63) is 34.9 Å². The second-order valence-electron chi connectivity index (χ2n) is 7.82. The number of fused-ring (bicyclic) bond motifs is 1. The van der Waals surface area contributed by atoms with E-state index in [1.165, 1.54) is 26.8 Å². The molecule has 1 saturated heterocycles. The van der Waals surface area contributed by atoms with Crippen LogP contribution in [-0.2, 0) is 37.2 Å². The number of rotatable bonds is 7. The van der Waals surface area contributed by atoms with Crippen molar-refractivity contribution >= 4 is 27.7 Å². The van der Waals surface area contributed by atoms with Gasteiger partial charge in [0.15, 0.2) is 12.4 Å². The van der Waals surface area contributed by atoms with Gasteiger partial charge in [0.25, 0.3) is 5.91 Å². The number of carbonyl (C=O) groups excluding carboxylic acids is 3. The fourth-order valence-corrected chi connectivity index (χ4v) is 4.67. The van der Waals surface area contributed by atoms with E-state index in [0.717, 1.165) is 25.5 Å². The lowest BCUT2D eigenvalue weighted by atomic mass is 9.89. The molecule has 0 atom stereocenters. The molecule has 8 nitrogen and oxygen atoms in total. The molecule has 2 aliphatic rings. The number of piperazine rings is 1. The topological polar surface area (TPSA) is 101 Å². The molecule has 1 aliphatic carbocycles. The molecule has 0 unspecified atom stereocenters. The number of ketones is 1. The quantitative estimate of drug-likeness (QED) is 0.470. The number of ether oxygens (including phenoxy) is 1. The van der Waals surface area contributed by atoms with Crippen LogP contribution in [-0.4, -0.2) is 74.3 Å². The van der Waals surface area contributed by atoms with Crippen molar-refractivity contribution in [1.82, 2.24) is 9.21 Å². The normalized spacial score (nSPS) is 17.3. The average molecular weight is 437 g/mol. The number of aryl methyl sites for hydroxylation is 2. The van der Waals surface area contributed by atoms with Gasteiger partial charge >= 0.3 is 5.97 Å². The molecule has 9 heteroatoms. The Kier molecular flexibility index (Phi) is 7.25. The Morgan fingerprint density at radius 3 is 2.30 bits per heavy atom. The third-order valence-electron chi connectivity index (χ3n) is 5.64. The van der Waals surface area contributed by atoms with Gasteiger partial charge in [0.2, 0.25) is 10.0 Å². The molecule has 1 amide bonds. The van der Waals surface area contributed by atoms with Gasteiger partial charge in [-0.15, -0.1) is 0 Å². The summed E-state index contributed by atoms with van der Waals surface area (Å²) in [5.74, 6) is -1.06. The van der Waals surface area contributed by atoms with Crippen LogP contribution in [0.1, 0.15) is 47.2 Å². The monoisotopic (exact) mass is 436 g/mol. The van der Waals surface area contributed by atoms with Gasteiger partial charge in [-0.1, -0.05) is 12.1 Å². The number of carbonyl (C=O) groups is 3. The largest absolute Gasteiger partial charge is 0.456 e. The van der Waals surface area contributed by atoms with Gasteiger partial charge < -0.3 is 9.64 Å². The minimum atomic E-state index is -3.27. The maximum Gasteiger partial charge on any atom is 0.306 e. The summed E-state index contributed by atoms with van der Waals surface area (Å²) in [6.45, 7) is 0.590. The van der Waals surface area contributed by atoms with Crippen molar-refractivity contribution in [2.75, 3.05) is 39.0 Å². The van der Waals surface area contributed by atoms with Crippen LogP contribution in [0, 0.1) is 0 Å². The van der Waals surface area contributed by atoms with Crippen LogP contribution in [0.2, 0.25) is 0 Å². The lowest BCUT2D eigenvalue weighted by Gasteiger charge is -2.33. The van der Waals surface area contributed by atoms with Gasteiger partial charge in [0.05, 0.1) is 12.7 Å². The Bertz CT molecular complexity index is 919. The van der Waals surface area contributed by atoms with Gasteiger partial charge in [-0.25, -0.2) is 8.42 Å². The van der Waals surface area contributed by atoms with Crippen LogP contribution >= 0.6 is 0 Å². The first-order valence-corrected chi connectivity index (χ1v) is 12.1. The fourth-order valence-electron chi connectivity index (χ4n) is 3.84. The molecule has 30 heavy (non-hydrogen) atoms. The molecule has 1 fully saturated rings. The molecule has 1 aliphatic heterocycles. The summed E-state index contributed by atoms with van der Waals surface area (Å²) in [6.07, 6.45) is 5.45. The lowest BCUT2D eigenvalue weighted by Crippen LogP contribution is -2.51. The van der Waals surface area contributed by atoms with Crippen LogP contribution in [0.25, 0.3) is 0 Å². The van der Waals surface area contributed by atoms with Crippen molar-refractivity contribution in [3.8, 4) is 0 Å². The number of sulfonamides is 1. The van der Waals surface area contributed by atoms with Crippen LogP contribution in [0.5, 0.6) is 0 Å². The third kappa shape index (κ3) is 5.89. The van der Waals surface area contributed by atoms with Gasteiger partial charge in [0.1, 0.15) is 0 Å². The van der Waals surface area contributed by atoms with E-state index in [0.29, 0.717) is 5.56 Å². The predicted octanol–water partition coefficient (Wildman–Crippen LogP) is 1.18. The molecule has 0 bridgehead atoms. The number of Topliss-reactive ketones (excluding diaryl/α,β-unsaturated/α-hetero) is 1. The highest BCUT2D eigenvalue weighted by Crippen LogP contribution is 2.23. The Hall–Kier alpha value is -2.26. The SMILES string of the molecule is CS(=O)(=O)N1CCN(C(=O)COC(=O)CCC(=O)c2ccc3c(c2)CCCC3)CC1. The standard InChI is InChI=1S/C21H28N2O6S/c1-30(27,28)23-12-10-22(11-13-23)20(25)15-29-21(26)9-8-19(24)18-7-6-16-4-2-3-5-17(16)14-18/h6-7,14H,2-5,8-13,15H2,1H3.